The summed E-state index contributed by atoms with van der Waals surface area (Å²) < 4.78 is 22.4. The van der Waals surface area contributed by atoms with E-state index >= 15 is 0 Å². The van der Waals surface area contributed by atoms with E-state index in [0.29, 0.717) is 6.42 Å². The third-order valence-corrected chi connectivity index (χ3v) is 3.22. The summed E-state index contributed by atoms with van der Waals surface area (Å²) in [6.07, 6.45) is -1.93. The van der Waals surface area contributed by atoms with Crippen LogP contribution in [-0.4, -0.2) is 55.3 Å². The van der Waals surface area contributed by atoms with Crippen molar-refractivity contribution >= 4 is 0 Å². The molecule has 8 heteroatoms. The molecule has 2 heterocycles. The number of aliphatic hydroxyl groups is 1. The average molecular weight is 273 g/mol. The van der Waals surface area contributed by atoms with Crippen molar-refractivity contribution in [2.75, 3.05) is 13.7 Å². The molecule has 1 unspecified atom stereocenters. The Balaban J connectivity index is 1.95. The molecule has 2 aliphatic rings. The molecule has 0 bridgehead atoms. The van der Waals surface area contributed by atoms with Gasteiger partial charge in [0.2, 0.25) is 0 Å². The van der Waals surface area contributed by atoms with Crippen LogP contribution in [0.5, 0.6) is 0 Å². The Hall–Kier alpha value is -0.890. The van der Waals surface area contributed by atoms with Gasteiger partial charge in [0.05, 0.1) is 18.8 Å². The molecule has 0 radical (unpaired) electrons. The maximum atomic E-state index is 9.74. The summed E-state index contributed by atoms with van der Waals surface area (Å²) in [5, 5.41) is 13.1. The molecule has 0 aromatic rings. The number of nitrogens with zero attached hydrogens (tertiary/aromatic N) is 3. The van der Waals surface area contributed by atoms with Gasteiger partial charge >= 0.3 is 0 Å². The van der Waals surface area contributed by atoms with E-state index in [1.165, 1.54) is 0 Å². The van der Waals surface area contributed by atoms with Crippen LogP contribution in [0.3, 0.4) is 0 Å². The first-order chi connectivity index (χ1) is 8.96. The summed E-state index contributed by atoms with van der Waals surface area (Å²) in [5.41, 5.74) is 8.21. The van der Waals surface area contributed by atoms with Gasteiger partial charge in [0.25, 0.3) is 0 Å². The van der Waals surface area contributed by atoms with E-state index in [2.05, 4.69) is 10.0 Å². The zero-order valence-electron chi connectivity index (χ0n) is 11.2. The van der Waals surface area contributed by atoms with E-state index in [1.54, 1.807) is 7.11 Å². The van der Waals surface area contributed by atoms with Crippen LogP contribution in [0.2, 0.25) is 0 Å². The molecule has 2 fully saturated rings. The number of ether oxygens (including phenoxy) is 4. The van der Waals surface area contributed by atoms with E-state index in [9.17, 15) is 5.11 Å². The lowest BCUT2D eigenvalue weighted by molar-refractivity contribution is -0.219. The fourth-order valence-corrected chi connectivity index (χ4v) is 2.50. The minimum Gasteiger partial charge on any atom is -0.393 e. The molecule has 0 saturated carbocycles. The molecular formula is C11H19N3O5. The maximum Gasteiger partial charge on any atom is 0.190 e. The van der Waals surface area contributed by atoms with Crippen molar-refractivity contribution in [1.29, 1.82) is 0 Å². The first-order valence-electron chi connectivity index (χ1n) is 6.19. The second-order valence-electron chi connectivity index (χ2n) is 5.15. The summed E-state index contributed by atoms with van der Waals surface area (Å²) in [5.74, 6) is -0.694. The summed E-state index contributed by atoms with van der Waals surface area (Å²) in [7, 11) is 1.57. The van der Waals surface area contributed by atoms with Crippen molar-refractivity contribution in [3.8, 4) is 0 Å². The van der Waals surface area contributed by atoms with Gasteiger partial charge < -0.3 is 24.1 Å². The molecular weight excluding hydrogens is 254 g/mol. The highest BCUT2D eigenvalue weighted by Crippen LogP contribution is 2.39. The van der Waals surface area contributed by atoms with Crippen LogP contribution in [-0.2, 0) is 18.9 Å². The number of azide groups is 1. The van der Waals surface area contributed by atoms with E-state index < -0.39 is 18.2 Å². The zero-order valence-corrected chi connectivity index (χ0v) is 11.2. The number of methoxy groups -OCH3 is 1. The Bertz CT molecular complexity index is 371. The van der Waals surface area contributed by atoms with E-state index in [1.807, 2.05) is 13.8 Å². The molecule has 5 atom stereocenters. The lowest BCUT2D eigenvalue weighted by atomic mass is 10.0. The summed E-state index contributed by atoms with van der Waals surface area (Å²) in [4.78, 5) is 2.61. The average Bonchev–Trinajstić information content (AvgIpc) is 2.77. The van der Waals surface area contributed by atoms with Crippen LogP contribution in [0.15, 0.2) is 5.11 Å². The van der Waals surface area contributed by atoms with E-state index in [-0.39, 0.29) is 24.9 Å². The zero-order chi connectivity index (χ0) is 14.0. The predicted molar refractivity (Wildman–Crippen MR) is 64.1 cm³/mol. The molecule has 0 spiro atoms. The maximum absolute atomic E-state index is 9.74. The molecule has 0 aromatic heterocycles. The van der Waals surface area contributed by atoms with Gasteiger partial charge in [-0.2, -0.15) is 0 Å². The van der Waals surface area contributed by atoms with Gasteiger partial charge in [-0.15, -0.1) is 0 Å². The monoisotopic (exact) mass is 273 g/mol. The minimum absolute atomic E-state index is 0.00926. The van der Waals surface area contributed by atoms with Crippen LogP contribution in [0.25, 0.3) is 10.4 Å². The first-order valence-corrected chi connectivity index (χ1v) is 6.19. The van der Waals surface area contributed by atoms with Gasteiger partial charge in [0, 0.05) is 18.4 Å². The number of aliphatic hydroxyl groups excluding tert-OH is 1. The fourth-order valence-electron chi connectivity index (χ4n) is 2.50. The lowest BCUT2D eigenvalue weighted by Crippen LogP contribution is -2.38. The van der Waals surface area contributed by atoms with Crippen molar-refractivity contribution in [2.45, 2.75) is 56.8 Å². The van der Waals surface area contributed by atoms with Crippen LogP contribution in [0.1, 0.15) is 20.3 Å². The second kappa shape index (κ2) is 5.62. The Labute approximate surface area is 111 Å². The van der Waals surface area contributed by atoms with E-state index in [4.69, 9.17) is 24.5 Å². The molecule has 2 rings (SSSR count). The van der Waals surface area contributed by atoms with Crippen molar-refractivity contribution in [2.24, 2.45) is 5.11 Å². The minimum atomic E-state index is -0.773. The summed E-state index contributed by atoms with van der Waals surface area (Å²) >= 11 is 0. The van der Waals surface area contributed by atoms with Crippen molar-refractivity contribution in [1.82, 2.24) is 0 Å². The molecule has 2 aliphatic heterocycles. The van der Waals surface area contributed by atoms with Crippen molar-refractivity contribution in [3.63, 3.8) is 0 Å². The Morgan fingerprint density at radius 3 is 2.84 bits per heavy atom. The number of fused-ring (bicyclic) bond motifs is 1. The Morgan fingerprint density at radius 2 is 2.21 bits per heavy atom. The topological polar surface area (TPSA) is 106 Å². The van der Waals surface area contributed by atoms with E-state index in [0.717, 1.165) is 0 Å². The molecule has 108 valence electrons. The summed E-state index contributed by atoms with van der Waals surface area (Å²) in [6, 6.07) is 0. The third-order valence-electron chi connectivity index (χ3n) is 3.22. The number of hydrogen-bond donors (Lipinski definition) is 1. The highest BCUT2D eigenvalue weighted by atomic mass is 16.8. The number of rotatable bonds is 5. The quantitative estimate of drug-likeness (QED) is 0.456. The molecule has 0 amide bonds. The lowest BCUT2D eigenvalue weighted by Gasteiger charge is -2.25. The number of hydrogen-bond acceptors (Lipinski definition) is 6. The van der Waals surface area contributed by atoms with Crippen LogP contribution < -0.4 is 0 Å². The predicted octanol–water partition coefficient (Wildman–Crippen LogP) is 0.939. The largest absolute Gasteiger partial charge is 0.393 e. The molecule has 19 heavy (non-hydrogen) atoms. The summed E-state index contributed by atoms with van der Waals surface area (Å²) in [6.45, 7) is 3.63. The molecule has 2 saturated heterocycles. The molecule has 1 N–H and O–H groups in total. The van der Waals surface area contributed by atoms with Crippen molar-refractivity contribution in [3.05, 3.63) is 10.4 Å². The van der Waals surface area contributed by atoms with Crippen molar-refractivity contribution < 1.29 is 24.1 Å². The Kier molecular flexibility index (Phi) is 4.29. The standard InChI is InChI=1S/C11H19N3O5/c1-11(2)18-9-8(16-3)7(17-10(9)19-11)4-6(15)5-13-14-12/h6-10,15H,4-5H2,1-3H3/t6?,7-,8+,9-,10-/m1/s1. The van der Waals surface area contributed by atoms with Crippen LogP contribution >= 0.6 is 0 Å². The van der Waals surface area contributed by atoms with Gasteiger partial charge in [0.1, 0.15) is 12.2 Å². The van der Waals surface area contributed by atoms with Gasteiger partial charge in [-0.1, -0.05) is 5.11 Å². The molecule has 0 aromatic carbocycles. The Morgan fingerprint density at radius 1 is 1.47 bits per heavy atom. The smallest absolute Gasteiger partial charge is 0.190 e. The molecule has 8 nitrogen and oxygen atoms in total. The highest BCUT2D eigenvalue weighted by Gasteiger charge is 2.55. The molecule has 0 aliphatic carbocycles. The highest BCUT2D eigenvalue weighted by molar-refractivity contribution is 4.94. The van der Waals surface area contributed by atoms with Crippen LogP contribution in [0, 0.1) is 0 Å². The van der Waals surface area contributed by atoms with Crippen LogP contribution in [0.4, 0.5) is 0 Å². The fraction of sp³-hybridized carbons (Fsp3) is 1.00. The SMILES string of the molecule is CO[C@@H]1[C@H]2OC(C)(C)O[C@H]2O[C@@H]1CC(O)CN=[N+]=[N-]. The van der Waals surface area contributed by atoms with Gasteiger partial charge in [0.15, 0.2) is 12.1 Å². The van der Waals surface area contributed by atoms with Gasteiger partial charge in [-0.3, -0.25) is 0 Å². The normalized spacial score (nSPS) is 37.7. The van der Waals surface area contributed by atoms with Gasteiger partial charge in [-0.25, -0.2) is 0 Å². The second-order valence-corrected chi connectivity index (χ2v) is 5.15. The first kappa shape index (κ1) is 14.5. The third kappa shape index (κ3) is 3.17. The van der Waals surface area contributed by atoms with Gasteiger partial charge in [-0.05, 0) is 19.4 Å².